The van der Waals surface area contributed by atoms with Crippen molar-refractivity contribution in [3.8, 4) is 0 Å². The molecule has 0 atom stereocenters. The molecule has 0 N–H and O–H groups in total. The van der Waals surface area contributed by atoms with Gasteiger partial charge in [-0.05, 0) is 6.07 Å². The zero-order valence-corrected chi connectivity index (χ0v) is 4.66. The van der Waals surface area contributed by atoms with Crippen LogP contribution >= 0.6 is 0 Å². The van der Waals surface area contributed by atoms with Crippen molar-refractivity contribution >= 4 is 11.8 Å². The van der Waals surface area contributed by atoms with Gasteiger partial charge in [-0.15, -0.1) is 0 Å². The summed E-state index contributed by atoms with van der Waals surface area (Å²) in [5.41, 5.74) is 0.521. The van der Waals surface area contributed by atoms with Gasteiger partial charge in [0.1, 0.15) is 0 Å². The van der Waals surface area contributed by atoms with E-state index in [1.807, 2.05) is 6.07 Å². The molecule has 0 unspecified atom stereocenters. The minimum atomic E-state index is 0.521. The summed E-state index contributed by atoms with van der Waals surface area (Å²) in [5, 5.41) is 0. The Morgan fingerprint density at radius 1 is 1.56 bits per heavy atom. The van der Waals surface area contributed by atoms with E-state index in [0.29, 0.717) is 5.69 Å². The van der Waals surface area contributed by atoms with Gasteiger partial charge in [0.25, 0.3) is 0 Å². The largest absolute Gasteiger partial charge is 0.240 e. The molecule has 0 aliphatic rings. The Bertz CT molecular complexity index is 224. The van der Waals surface area contributed by atoms with Crippen LogP contribution in [0.5, 0.6) is 0 Å². The van der Waals surface area contributed by atoms with Gasteiger partial charge in [-0.2, -0.15) is 4.99 Å². The lowest BCUT2D eigenvalue weighted by atomic mass is 10.3. The number of hydrogen-bond acceptors (Lipinski definition) is 2. The van der Waals surface area contributed by atoms with E-state index in [2.05, 4.69) is 11.1 Å². The maximum atomic E-state index is 9.66. The number of aliphatic imine (C=N–C) groups is 1. The summed E-state index contributed by atoms with van der Waals surface area (Å²) in [6, 6.07) is 9.71. The van der Waals surface area contributed by atoms with Gasteiger partial charge in [-0.1, -0.05) is 18.2 Å². The molecule has 0 aliphatic heterocycles. The second-order valence-electron chi connectivity index (χ2n) is 1.45. The summed E-state index contributed by atoms with van der Waals surface area (Å²) < 4.78 is 0. The maximum absolute atomic E-state index is 9.66. The molecule has 0 saturated carbocycles. The summed E-state index contributed by atoms with van der Waals surface area (Å²) in [5.74, 6) is 0. The van der Waals surface area contributed by atoms with E-state index < -0.39 is 0 Å². The average molecular weight is 118 g/mol. The molecule has 1 rings (SSSR count). The van der Waals surface area contributed by atoms with Crippen molar-refractivity contribution in [2.45, 2.75) is 0 Å². The normalized spacial score (nSPS) is 8.00. The molecular weight excluding hydrogens is 114 g/mol. The average Bonchev–Trinajstić information content (AvgIpc) is 1.91. The van der Waals surface area contributed by atoms with Crippen molar-refractivity contribution in [2.24, 2.45) is 4.99 Å². The number of para-hydroxylation sites is 1. The summed E-state index contributed by atoms with van der Waals surface area (Å²) in [4.78, 5) is 13.0. The predicted molar refractivity (Wildman–Crippen MR) is 33.1 cm³/mol. The second-order valence-corrected chi connectivity index (χ2v) is 1.45. The van der Waals surface area contributed by atoms with Gasteiger partial charge in [0, 0.05) is 6.07 Å². The van der Waals surface area contributed by atoms with Crippen LogP contribution < -0.4 is 0 Å². The van der Waals surface area contributed by atoms with Gasteiger partial charge in [0.15, 0.2) is 0 Å². The number of isocyanates is 1. The molecule has 0 spiro atoms. The highest BCUT2D eigenvalue weighted by atomic mass is 16.1. The van der Waals surface area contributed by atoms with E-state index >= 15 is 0 Å². The van der Waals surface area contributed by atoms with E-state index in [-0.39, 0.29) is 0 Å². The third kappa shape index (κ3) is 1.52. The summed E-state index contributed by atoms with van der Waals surface area (Å²) >= 11 is 0. The first-order valence-corrected chi connectivity index (χ1v) is 2.48. The summed E-state index contributed by atoms with van der Waals surface area (Å²) in [6.45, 7) is 0. The van der Waals surface area contributed by atoms with Crippen LogP contribution in [0.15, 0.2) is 29.3 Å². The molecule has 0 heterocycles. The SMILES string of the molecule is O=C=Nc1[c]cccc1. The van der Waals surface area contributed by atoms with Crippen LogP contribution in [0.25, 0.3) is 0 Å². The number of carbonyl (C=O) groups excluding carboxylic acids is 1. The lowest BCUT2D eigenvalue weighted by molar-refractivity contribution is 0.565. The van der Waals surface area contributed by atoms with Crippen molar-refractivity contribution in [1.82, 2.24) is 0 Å². The third-order valence-corrected chi connectivity index (χ3v) is 0.859. The van der Waals surface area contributed by atoms with Gasteiger partial charge >= 0.3 is 0 Å². The number of nitrogens with zero attached hydrogens (tertiary/aromatic N) is 1. The summed E-state index contributed by atoms with van der Waals surface area (Å²) in [6.07, 6.45) is 1.43. The molecule has 2 heteroatoms. The molecule has 9 heavy (non-hydrogen) atoms. The first-order chi connectivity index (χ1) is 4.43. The summed E-state index contributed by atoms with van der Waals surface area (Å²) in [7, 11) is 0. The Morgan fingerprint density at radius 2 is 2.44 bits per heavy atom. The zero-order valence-electron chi connectivity index (χ0n) is 4.66. The molecule has 1 aromatic carbocycles. The molecule has 43 valence electrons. The second kappa shape index (κ2) is 2.80. The highest BCUT2D eigenvalue weighted by Crippen LogP contribution is 2.05. The lowest BCUT2D eigenvalue weighted by Crippen LogP contribution is -1.60. The molecule has 1 radical (unpaired) electrons. The minimum Gasteiger partial charge on any atom is -0.211 e. The van der Waals surface area contributed by atoms with Crippen molar-refractivity contribution < 1.29 is 4.79 Å². The van der Waals surface area contributed by atoms with Crippen LogP contribution in [0.1, 0.15) is 0 Å². The Morgan fingerprint density at radius 3 is 3.00 bits per heavy atom. The molecule has 0 saturated heterocycles. The van der Waals surface area contributed by atoms with Gasteiger partial charge in [0.05, 0.1) is 5.69 Å². The number of benzene rings is 1. The van der Waals surface area contributed by atoms with E-state index in [9.17, 15) is 4.79 Å². The van der Waals surface area contributed by atoms with Crippen LogP contribution in [-0.4, -0.2) is 6.08 Å². The lowest BCUT2D eigenvalue weighted by Gasteiger charge is -1.82. The molecule has 0 bridgehead atoms. The van der Waals surface area contributed by atoms with Crippen LogP contribution in [-0.2, 0) is 4.79 Å². The molecule has 1 aromatic rings. The van der Waals surface area contributed by atoms with E-state index in [0.717, 1.165) is 0 Å². The standard InChI is InChI=1S/C7H4NO/c9-6-8-7-4-2-1-3-5-7/h1-4H. The third-order valence-electron chi connectivity index (χ3n) is 0.859. The van der Waals surface area contributed by atoms with Gasteiger partial charge in [-0.3, -0.25) is 0 Å². The first kappa shape index (κ1) is 5.73. The fraction of sp³-hybridized carbons (Fsp3) is 0. The van der Waals surface area contributed by atoms with Crippen LogP contribution in [0.2, 0.25) is 0 Å². The van der Waals surface area contributed by atoms with Gasteiger partial charge in [-0.25, -0.2) is 4.79 Å². The Hall–Kier alpha value is -1.40. The quantitative estimate of drug-likeness (QED) is 0.405. The van der Waals surface area contributed by atoms with Crippen molar-refractivity contribution in [2.75, 3.05) is 0 Å². The minimum absolute atomic E-state index is 0.521. The first-order valence-electron chi connectivity index (χ1n) is 2.48. The zero-order chi connectivity index (χ0) is 6.53. The molecular formula is C7H4NO. The van der Waals surface area contributed by atoms with Crippen molar-refractivity contribution in [3.05, 3.63) is 30.3 Å². The highest BCUT2D eigenvalue weighted by Gasteiger charge is 1.80. The molecule has 0 amide bonds. The molecule has 2 nitrogen and oxygen atoms in total. The van der Waals surface area contributed by atoms with Crippen molar-refractivity contribution in [3.63, 3.8) is 0 Å². The topological polar surface area (TPSA) is 29.4 Å². The van der Waals surface area contributed by atoms with E-state index in [4.69, 9.17) is 0 Å². The number of hydrogen-bond donors (Lipinski definition) is 0. The molecule has 0 fully saturated rings. The van der Waals surface area contributed by atoms with E-state index in [1.165, 1.54) is 6.08 Å². The Kier molecular flexibility index (Phi) is 1.78. The van der Waals surface area contributed by atoms with Crippen LogP contribution in [0, 0.1) is 6.07 Å². The predicted octanol–water partition coefficient (Wildman–Crippen LogP) is 1.45. The highest BCUT2D eigenvalue weighted by molar-refractivity contribution is 5.47. The van der Waals surface area contributed by atoms with Crippen molar-refractivity contribution in [1.29, 1.82) is 0 Å². The van der Waals surface area contributed by atoms with Gasteiger partial charge in [0.2, 0.25) is 6.08 Å². The molecule has 0 aliphatic carbocycles. The smallest absolute Gasteiger partial charge is 0.211 e. The molecule has 0 aromatic heterocycles. The monoisotopic (exact) mass is 118 g/mol. The fourth-order valence-corrected chi connectivity index (χ4v) is 0.503. The fourth-order valence-electron chi connectivity index (χ4n) is 0.503. The van der Waals surface area contributed by atoms with Crippen LogP contribution in [0.4, 0.5) is 5.69 Å². The Balaban J connectivity index is 2.97. The maximum Gasteiger partial charge on any atom is 0.240 e. The number of rotatable bonds is 1. The Labute approximate surface area is 52.9 Å². The van der Waals surface area contributed by atoms with Crippen LogP contribution in [0.3, 0.4) is 0 Å². The van der Waals surface area contributed by atoms with Gasteiger partial charge < -0.3 is 0 Å². The van der Waals surface area contributed by atoms with E-state index in [1.54, 1.807) is 18.2 Å².